The molecule has 408 valence electrons. The Morgan fingerprint density at radius 2 is 1.04 bits per heavy atom. The second-order valence-electron chi connectivity index (χ2n) is 18.9. The molecular weight excluding hydrogens is 1140 g/mol. The summed E-state index contributed by atoms with van der Waals surface area (Å²) in [5, 5.41) is 33.4. The minimum Gasteiger partial charge on any atom is -0.503 e. The van der Waals surface area contributed by atoms with Crippen molar-refractivity contribution >= 4 is 63.8 Å². The first kappa shape index (κ1) is 55.2. The lowest BCUT2D eigenvalue weighted by Crippen LogP contribution is -2.61. The monoisotopic (exact) mass is 1190 g/mol. The number of hydrogen-bond acceptors (Lipinski definition) is 12. The summed E-state index contributed by atoms with van der Waals surface area (Å²) < 4.78 is 92.7. The Balaban J connectivity index is 0.000000180. The van der Waals surface area contributed by atoms with Crippen LogP contribution in [0.4, 0.5) is 26.3 Å². The van der Waals surface area contributed by atoms with Crippen molar-refractivity contribution in [2.45, 2.75) is 78.3 Å². The number of aromatic hydroxyl groups is 1. The fourth-order valence-electron chi connectivity index (χ4n) is 10.0. The standard InChI is InChI=1S/C31H25BrF3N3O3S.C24H21BF3N3O5S/c1-19(31(33,34)35)36-18-38(26-22-12-6-5-11-21(22)17-42-25-14-8-7-13-23(25)26)37-15-24(32)28(39)29(27(37)30(36)40)41-16-20-9-3-2-4-10-20;1-13(24(26,27)28)29-12-31(30-10-17(25(35)36)21(32)22(33)20(30)23(29)34)19-15-7-3-2-6-14(15)11-37-18-9-5-4-8-16(18)19/h2-15,19,26H,16-18H2,1H3;2-10,13,19,33,35-36H,11-12H2,1H3/t19?,26-;13?,19-/m00/s1. The highest BCUT2D eigenvalue weighted by Gasteiger charge is 2.50. The zero-order chi connectivity index (χ0) is 56.2. The summed E-state index contributed by atoms with van der Waals surface area (Å²) >= 11 is 6.53. The van der Waals surface area contributed by atoms with Crippen LogP contribution in [0.25, 0.3) is 0 Å². The number of hydrogen-bond donors (Lipinski definition) is 3. The number of ether oxygens (including phenoxy) is 1. The van der Waals surface area contributed by atoms with Crippen LogP contribution in [0.15, 0.2) is 164 Å². The Kier molecular flexibility index (Phi) is 15.3. The van der Waals surface area contributed by atoms with E-state index in [0.29, 0.717) is 16.4 Å². The number of nitrogens with zero attached hydrogens (tertiary/aromatic N) is 6. The number of rotatable bonds is 8. The van der Waals surface area contributed by atoms with Crippen molar-refractivity contribution in [2.24, 2.45) is 0 Å². The summed E-state index contributed by atoms with van der Waals surface area (Å²) in [6, 6.07) is 33.6. The quantitative estimate of drug-likeness (QED) is 0.0982. The zero-order valence-corrected chi connectivity index (χ0v) is 44.9. The summed E-state index contributed by atoms with van der Waals surface area (Å²) in [6.45, 7) is 0.800. The first-order chi connectivity index (χ1) is 37.6. The van der Waals surface area contributed by atoms with E-state index in [1.54, 1.807) is 64.9 Å². The maximum atomic E-state index is 14.2. The second-order valence-corrected chi connectivity index (χ2v) is 21.8. The van der Waals surface area contributed by atoms with Gasteiger partial charge in [-0.25, -0.2) is 0 Å². The van der Waals surface area contributed by atoms with Gasteiger partial charge >= 0.3 is 19.5 Å². The molecule has 2 aromatic heterocycles. The van der Waals surface area contributed by atoms with Gasteiger partial charge in [-0.3, -0.25) is 38.5 Å². The van der Waals surface area contributed by atoms with Crippen molar-refractivity contribution in [3.8, 4) is 11.5 Å². The highest BCUT2D eigenvalue weighted by Crippen LogP contribution is 2.46. The van der Waals surface area contributed by atoms with Crippen molar-refractivity contribution in [1.29, 1.82) is 0 Å². The minimum atomic E-state index is -4.78. The SMILES string of the molecule is CC(N1CN([C@H]2c3ccccc3CSc3ccccc32)n2cc(B(O)O)c(=O)c(O)c2C1=O)C(F)(F)F.CC(N1CN([C@H]2c3ccccc3CSc3ccccc32)n2cc(Br)c(=O)c(OCc3ccccc3)c2C1=O)C(F)(F)F. The summed E-state index contributed by atoms with van der Waals surface area (Å²) in [4.78, 5) is 56.4. The Morgan fingerprint density at radius 3 is 1.52 bits per heavy atom. The number of carbonyl (C=O) groups is 2. The number of aromatic nitrogens is 2. The largest absolute Gasteiger partial charge is 0.503 e. The predicted molar refractivity (Wildman–Crippen MR) is 289 cm³/mol. The van der Waals surface area contributed by atoms with Crippen molar-refractivity contribution in [2.75, 3.05) is 23.4 Å². The molecule has 0 fully saturated rings. The molecule has 4 atom stereocenters. The molecule has 4 aliphatic rings. The molecule has 4 aliphatic heterocycles. The lowest BCUT2D eigenvalue weighted by Gasteiger charge is -2.46. The average Bonchev–Trinajstić information content (AvgIpc) is 3.96. The number of amides is 2. The molecule has 0 spiro atoms. The number of alkyl halides is 6. The van der Waals surface area contributed by atoms with Crippen LogP contribution in [-0.4, -0.2) is 91.0 Å². The minimum absolute atomic E-state index is 0.0482. The van der Waals surface area contributed by atoms with Gasteiger partial charge in [0.15, 0.2) is 22.9 Å². The molecule has 14 nitrogen and oxygen atoms in total. The maximum Gasteiger partial charge on any atom is 0.494 e. The first-order valence-corrected chi connectivity index (χ1v) is 27.3. The normalized spacial score (nSPS) is 17.6. The van der Waals surface area contributed by atoms with E-state index < -0.39 is 89.9 Å². The molecule has 79 heavy (non-hydrogen) atoms. The molecule has 0 saturated heterocycles. The number of benzene rings is 5. The van der Waals surface area contributed by atoms with E-state index in [0.717, 1.165) is 78.4 Å². The van der Waals surface area contributed by atoms with Gasteiger partial charge in [-0.15, -0.1) is 23.5 Å². The van der Waals surface area contributed by atoms with Gasteiger partial charge in [0.25, 0.3) is 11.8 Å². The van der Waals surface area contributed by atoms with E-state index in [1.165, 1.54) is 15.9 Å². The summed E-state index contributed by atoms with van der Waals surface area (Å²) in [6.07, 6.45) is -7.04. The molecule has 7 aromatic rings. The Morgan fingerprint density at radius 1 is 0.608 bits per heavy atom. The van der Waals surface area contributed by atoms with Gasteiger partial charge in [-0.05, 0) is 80.9 Å². The number of carbonyl (C=O) groups excluding carboxylic acids is 2. The molecule has 6 heterocycles. The van der Waals surface area contributed by atoms with Crippen molar-refractivity contribution in [3.63, 3.8) is 0 Å². The van der Waals surface area contributed by atoms with Crippen LogP contribution in [0.3, 0.4) is 0 Å². The molecule has 2 amide bonds. The average molecular weight is 1190 g/mol. The van der Waals surface area contributed by atoms with Gasteiger partial charge in [0.1, 0.15) is 32.0 Å². The van der Waals surface area contributed by atoms with E-state index >= 15 is 0 Å². The lowest BCUT2D eigenvalue weighted by atomic mass is 9.81. The molecule has 11 rings (SSSR count). The molecule has 0 radical (unpaired) electrons. The van der Waals surface area contributed by atoms with Crippen LogP contribution in [-0.2, 0) is 18.1 Å². The number of pyridine rings is 2. The Labute approximate surface area is 464 Å². The van der Waals surface area contributed by atoms with E-state index in [-0.39, 0.29) is 29.2 Å². The summed E-state index contributed by atoms with van der Waals surface area (Å²) in [7, 11) is -2.29. The van der Waals surface area contributed by atoms with E-state index in [9.17, 15) is 60.7 Å². The van der Waals surface area contributed by atoms with Gasteiger partial charge in [-0.2, -0.15) is 26.3 Å². The maximum absolute atomic E-state index is 14.2. The van der Waals surface area contributed by atoms with Gasteiger partial charge in [0, 0.05) is 33.7 Å². The summed E-state index contributed by atoms with van der Waals surface area (Å²) in [5.74, 6) is -2.36. The van der Waals surface area contributed by atoms with Crippen LogP contribution in [0.5, 0.6) is 11.5 Å². The van der Waals surface area contributed by atoms with Crippen molar-refractivity contribution in [1.82, 2.24) is 19.2 Å². The van der Waals surface area contributed by atoms with Crippen molar-refractivity contribution in [3.05, 3.63) is 215 Å². The van der Waals surface area contributed by atoms with Gasteiger partial charge in [-0.1, -0.05) is 115 Å². The van der Waals surface area contributed by atoms with Crippen molar-refractivity contribution < 1.29 is 55.8 Å². The smallest absolute Gasteiger partial charge is 0.494 e. The predicted octanol–water partition coefficient (Wildman–Crippen LogP) is 8.82. The van der Waals surface area contributed by atoms with Gasteiger partial charge < -0.3 is 29.7 Å². The highest BCUT2D eigenvalue weighted by atomic mass is 79.9. The number of thioether (sulfide) groups is 2. The van der Waals surface area contributed by atoms with Gasteiger partial charge in [0.05, 0.1) is 22.0 Å². The zero-order valence-electron chi connectivity index (χ0n) is 41.7. The molecule has 3 N–H and O–H groups in total. The fraction of sp³-hybridized carbons (Fsp3) is 0.236. The molecular formula is C55H46BBrF6N6O8S2. The fourth-order valence-corrected chi connectivity index (χ4v) is 12.6. The van der Waals surface area contributed by atoms with Gasteiger partial charge in [0.2, 0.25) is 10.9 Å². The molecule has 0 saturated carbocycles. The first-order valence-electron chi connectivity index (χ1n) is 24.5. The van der Waals surface area contributed by atoms with E-state index in [1.807, 2.05) is 91.0 Å². The molecule has 24 heteroatoms. The van der Waals surface area contributed by atoms with Crippen LogP contribution in [0, 0.1) is 0 Å². The number of halogens is 7. The third-order valence-electron chi connectivity index (χ3n) is 14.2. The molecule has 0 bridgehead atoms. The lowest BCUT2D eigenvalue weighted by molar-refractivity contribution is -0.173. The topological polar surface area (TPSA) is 161 Å². The number of fused-ring (bicyclic) bond motifs is 6. The molecule has 5 aromatic carbocycles. The van der Waals surface area contributed by atoms with E-state index in [4.69, 9.17) is 4.74 Å². The van der Waals surface area contributed by atoms with E-state index in [2.05, 4.69) is 15.9 Å². The summed E-state index contributed by atoms with van der Waals surface area (Å²) in [5.41, 5.74) is 2.50. The third kappa shape index (κ3) is 10.4. The van der Waals surface area contributed by atoms with Crippen LogP contribution in [0.1, 0.15) is 85.9 Å². The Hall–Kier alpha value is -7.12. The van der Waals surface area contributed by atoms with Crippen LogP contribution >= 0.6 is 39.5 Å². The third-order valence-corrected chi connectivity index (χ3v) is 17.1. The second kappa shape index (κ2) is 21.8. The highest BCUT2D eigenvalue weighted by molar-refractivity contribution is 9.10. The molecule has 0 aliphatic carbocycles. The van der Waals surface area contributed by atoms with Crippen LogP contribution in [0.2, 0.25) is 0 Å². The molecule has 2 unspecified atom stereocenters. The Bertz CT molecular complexity index is 3540. The van der Waals surface area contributed by atoms with Crippen LogP contribution < -0.4 is 31.1 Å².